The van der Waals surface area contributed by atoms with Gasteiger partial charge in [0.15, 0.2) is 41.2 Å². The molecule has 2 bridgehead atoms. The van der Waals surface area contributed by atoms with Crippen molar-refractivity contribution in [1.29, 1.82) is 5.26 Å². The summed E-state index contributed by atoms with van der Waals surface area (Å²) in [5.41, 5.74) is 5.22. The molecule has 15 nitrogen and oxygen atoms in total. The van der Waals surface area contributed by atoms with Crippen LogP contribution in [0.15, 0.2) is 77.3 Å². The van der Waals surface area contributed by atoms with E-state index in [1.54, 1.807) is 14.0 Å². The molecule has 9 rings (SSSR count). The van der Waals surface area contributed by atoms with Gasteiger partial charge >= 0.3 is 12.1 Å². The van der Waals surface area contributed by atoms with Crippen molar-refractivity contribution in [1.82, 2.24) is 15.1 Å². The molecule has 0 spiro atoms. The lowest BCUT2D eigenvalue weighted by molar-refractivity contribution is -0.159. The lowest BCUT2D eigenvalue weighted by Gasteiger charge is -2.62. The third kappa shape index (κ3) is 8.29. The normalized spacial score (nSPS) is 25.6. The number of carbonyl (C=O) groups is 3. The fourth-order valence-corrected chi connectivity index (χ4v) is 12.4. The van der Waals surface area contributed by atoms with Gasteiger partial charge in [0.25, 0.3) is 0 Å². The van der Waals surface area contributed by atoms with Gasteiger partial charge in [-0.15, -0.1) is 0 Å². The van der Waals surface area contributed by atoms with E-state index < -0.39 is 76.7 Å². The van der Waals surface area contributed by atoms with Gasteiger partial charge in [0, 0.05) is 59.7 Å². The average molecular weight is 996 g/mol. The number of aliphatic hydroxyl groups is 1. The first kappa shape index (κ1) is 47.4. The summed E-state index contributed by atoms with van der Waals surface area (Å²) < 4.78 is 38.9. The van der Waals surface area contributed by atoms with Crippen LogP contribution in [0.3, 0.4) is 0 Å². The third-order valence-corrected chi connectivity index (χ3v) is 15.2. The smallest absolute Gasteiger partial charge is 0.408 e. The van der Waals surface area contributed by atoms with Gasteiger partial charge in [0.2, 0.25) is 10.6 Å². The summed E-state index contributed by atoms with van der Waals surface area (Å²) in [5, 5.41) is 26.8. The highest BCUT2D eigenvalue weighted by molar-refractivity contribution is 7.99. The fraction of sp³-hybridized carbons (Fsp3) is 0.458. The number of ketones is 1. The second-order valence-electron chi connectivity index (χ2n) is 17.4. The lowest BCUT2D eigenvalue weighted by Crippen LogP contribution is -2.74. The maximum atomic E-state index is 14.6. The zero-order valence-corrected chi connectivity index (χ0v) is 40.4. The number of thioether (sulfide) groups is 1. The molecule has 3 unspecified atom stereocenters. The van der Waals surface area contributed by atoms with Gasteiger partial charge in [0.1, 0.15) is 25.3 Å². The van der Waals surface area contributed by atoms with Crippen LogP contribution in [-0.4, -0.2) is 132 Å². The van der Waals surface area contributed by atoms with Crippen LogP contribution in [0, 0.1) is 18.3 Å². The number of amides is 1. The first-order chi connectivity index (χ1) is 32.1. The second-order valence-corrected chi connectivity index (χ2v) is 21.0. The first-order valence-corrected chi connectivity index (χ1v) is 24.0. The Bertz CT molecular complexity index is 2570. The number of rotatable bonds is 13. The highest BCUT2D eigenvalue weighted by Gasteiger charge is 2.64. The van der Waals surface area contributed by atoms with E-state index in [0.717, 1.165) is 38.9 Å². The topological polar surface area (TPSA) is 178 Å². The number of benzene rings is 3. The van der Waals surface area contributed by atoms with E-state index in [4.69, 9.17) is 68.0 Å². The van der Waals surface area contributed by atoms with Crippen LogP contribution in [0.4, 0.5) is 4.79 Å². The number of piperidine rings is 1. The van der Waals surface area contributed by atoms with Crippen LogP contribution in [0.2, 0.25) is 0 Å². The summed E-state index contributed by atoms with van der Waals surface area (Å²) in [6, 6.07) is 16.0. The maximum Gasteiger partial charge on any atom is 0.408 e. The third-order valence-electron chi connectivity index (χ3n) is 13.7. The Labute approximate surface area is 407 Å². The van der Waals surface area contributed by atoms with E-state index in [1.165, 1.54) is 18.9 Å². The van der Waals surface area contributed by atoms with Crippen LogP contribution in [0.1, 0.15) is 53.1 Å². The SMILES string of the molecule is COCOc1c(OC)c(C)cc2c1[C@@H]1C3CC4(O)C(=O)C(C)=C5OCOC5=C4[C@H](COC(=O)[C@@H](CSCC4c5ccccc5-c5ccccc54)NC(=O)OCC(Cl)(Cl)Cl)N3C(C#N)[C@H](C2)N1C. The molecule has 3 aromatic rings. The Morgan fingerprint density at radius 3 is 2.37 bits per heavy atom. The van der Waals surface area contributed by atoms with Gasteiger partial charge in [-0.05, 0) is 60.7 Å². The van der Waals surface area contributed by atoms with Crippen molar-refractivity contribution < 1.29 is 52.6 Å². The highest BCUT2D eigenvalue weighted by Crippen LogP contribution is 2.57. The number of nitrogens with one attached hydrogen (secondary N) is 1. The predicted octanol–water partition coefficient (Wildman–Crippen LogP) is 6.63. The molecule has 4 aliphatic heterocycles. The van der Waals surface area contributed by atoms with E-state index in [2.05, 4.69) is 40.6 Å². The molecule has 7 atom stereocenters. The average Bonchev–Trinajstić information content (AvgIpc) is 3.91. The first-order valence-electron chi connectivity index (χ1n) is 21.7. The molecule has 0 saturated carbocycles. The molecule has 3 fully saturated rings. The second kappa shape index (κ2) is 18.7. The molecule has 2 N–H and O–H groups in total. The van der Waals surface area contributed by atoms with Crippen molar-refractivity contribution in [3.8, 4) is 28.7 Å². The minimum absolute atomic E-state index is 0.00728. The number of alkyl halides is 3. The monoisotopic (exact) mass is 994 g/mol. The number of alkyl carbamates (subject to hydrolysis) is 1. The molecule has 19 heteroatoms. The number of likely N-dealkylation sites (N-methyl/N-ethyl adjacent to an activating group) is 1. The molecule has 0 radical (unpaired) electrons. The number of aryl methyl sites for hydroxylation is 1. The number of nitrogens with zero attached hydrogens (tertiary/aromatic N) is 3. The van der Waals surface area contributed by atoms with Gasteiger partial charge < -0.3 is 43.6 Å². The fourth-order valence-electron chi connectivity index (χ4n) is 11.0. The number of Topliss-reactive ketones (excluding diaryl/α,β-unsaturated/α-hetero) is 1. The predicted molar refractivity (Wildman–Crippen MR) is 249 cm³/mol. The number of fused-ring (bicyclic) bond motifs is 11. The Morgan fingerprint density at radius 1 is 1.03 bits per heavy atom. The van der Waals surface area contributed by atoms with E-state index in [-0.39, 0.29) is 54.3 Å². The number of esters is 1. The Kier molecular flexibility index (Phi) is 13.2. The van der Waals surface area contributed by atoms with Gasteiger partial charge in [0.05, 0.1) is 25.3 Å². The Balaban J connectivity index is 1.07. The van der Waals surface area contributed by atoms with Crippen LogP contribution < -0.4 is 14.8 Å². The molecule has 4 heterocycles. The van der Waals surface area contributed by atoms with Crippen LogP contribution in [0.5, 0.6) is 11.5 Å². The molecular formula is C48H49Cl3N4O11S. The van der Waals surface area contributed by atoms with Crippen LogP contribution >= 0.6 is 46.6 Å². The Morgan fingerprint density at radius 2 is 1.72 bits per heavy atom. The molecule has 6 aliphatic rings. The number of nitriles is 1. The largest absolute Gasteiger partial charge is 0.493 e. The van der Waals surface area contributed by atoms with E-state index in [1.807, 2.05) is 49.2 Å². The molecule has 67 heavy (non-hydrogen) atoms. The van der Waals surface area contributed by atoms with E-state index in [0.29, 0.717) is 23.7 Å². The number of piperazine rings is 1. The summed E-state index contributed by atoms with van der Waals surface area (Å²) in [6.45, 7) is 2.12. The number of methoxy groups -OCH3 is 2. The quantitative estimate of drug-likeness (QED) is 0.106. The number of hydrogen-bond acceptors (Lipinski definition) is 15. The van der Waals surface area contributed by atoms with Crippen molar-refractivity contribution in [2.24, 2.45) is 0 Å². The Hall–Kier alpha value is -4.70. The number of carbonyl (C=O) groups excluding carboxylic acids is 3. The van der Waals surface area contributed by atoms with Gasteiger partial charge in [-0.1, -0.05) is 89.4 Å². The van der Waals surface area contributed by atoms with E-state index >= 15 is 0 Å². The molecule has 2 aliphatic carbocycles. The molecule has 3 aromatic carbocycles. The molecule has 0 aromatic heterocycles. The zero-order valence-electron chi connectivity index (χ0n) is 37.3. The summed E-state index contributed by atoms with van der Waals surface area (Å²) >= 11 is 19.1. The van der Waals surface area contributed by atoms with Crippen molar-refractivity contribution in [3.05, 3.63) is 105 Å². The minimum atomic E-state index is -2.18. The summed E-state index contributed by atoms with van der Waals surface area (Å²) in [7, 11) is 4.99. The van der Waals surface area contributed by atoms with Crippen molar-refractivity contribution >= 4 is 64.4 Å². The molecule has 3 saturated heterocycles. The zero-order chi connectivity index (χ0) is 47.5. The van der Waals surface area contributed by atoms with Gasteiger partial charge in [-0.3, -0.25) is 14.6 Å². The molecular weight excluding hydrogens is 947 g/mol. The summed E-state index contributed by atoms with van der Waals surface area (Å²) in [5.74, 6) is 0.441. The van der Waals surface area contributed by atoms with Gasteiger partial charge in [-0.25, -0.2) is 9.59 Å². The number of ether oxygens (including phenoxy) is 7. The molecule has 1 amide bonds. The summed E-state index contributed by atoms with van der Waals surface area (Å²) in [6.07, 6.45) is -0.751. The van der Waals surface area contributed by atoms with Crippen molar-refractivity contribution in [2.45, 2.75) is 78.3 Å². The van der Waals surface area contributed by atoms with E-state index in [9.17, 15) is 24.8 Å². The highest BCUT2D eigenvalue weighted by atomic mass is 35.6. The van der Waals surface area contributed by atoms with Crippen LogP contribution in [-0.2, 0) is 39.7 Å². The van der Waals surface area contributed by atoms with Crippen LogP contribution in [0.25, 0.3) is 11.1 Å². The maximum absolute atomic E-state index is 14.6. The summed E-state index contributed by atoms with van der Waals surface area (Å²) in [4.78, 5) is 46.4. The molecule has 354 valence electrons. The lowest BCUT2D eigenvalue weighted by atomic mass is 9.65. The number of hydrogen-bond donors (Lipinski definition) is 2. The standard InChI is InChI=1S/C48H49Cl3N4O11S/c1-24-14-26-15-33-35(17-52)55-34(39(54(33)3)37(26)42(40(24)61-5)64-22-60-4)16-47(59)38(43-41(65-23-66-43)25(2)44(47)56)36(55)18-62-45(57)32(53-46(58)63-21-48(49,50)51)20-67-19-31-29-12-8-6-10-27(29)28-11-7-9-13-30(28)31/h6-14,31-36,39,59H,15-16,18-23H2,1-5H3,(H,53,58)/t32-,33+,34?,35?,36+,39+,47?/m1/s1. The van der Waals surface area contributed by atoms with Crippen molar-refractivity contribution in [3.63, 3.8) is 0 Å². The minimum Gasteiger partial charge on any atom is -0.493 e. The number of halogens is 3. The van der Waals surface area contributed by atoms with Gasteiger partial charge in [-0.2, -0.15) is 17.0 Å². The van der Waals surface area contributed by atoms with Crippen molar-refractivity contribution in [2.75, 3.05) is 59.6 Å².